The van der Waals surface area contributed by atoms with Gasteiger partial charge in [-0.2, -0.15) is 0 Å². The summed E-state index contributed by atoms with van der Waals surface area (Å²) in [6, 6.07) is 9.29. The number of rotatable bonds is 5. The summed E-state index contributed by atoms with van der Waals surface area (Å²) >= 11 is 0. The molecule has 1 aromatic carbocycles. The second kappa shape index (κ2) is 7.44. The van der Waals surface area contributed by atoms with Gasteiger partial charge < -0.3 is 10.5 Å². The number of nitrogens with two attached hydrogens (primary N) is 1. The van der Waals surface area contributed by atoms with E-state index in [1.54, 1.807) is 0 Å². The van der Waals surface area contributed by atoms with Crippen molar-refractivity contribution in [1.82, 2.24) is 0 Å². The van der Waals surface area contributed by atoms with E-state index in [0.29, 0.717) is 12.3 Å². The summed E-state index contributed by atoms with van der Waals surface area (Å²) in [5.41, 5.74) is 7.03. The molecule has 2 unspecified atom stereocenters. The van der Waals surface area contributed by atoms with Crippen LogP contribution in [0.5, 0.6) is 0 Å². The van der Waals surface area contributed by atoms with Crippen molar-refractivity contribution < 1.29 is 9.53 Å². The quantitative estimate of drug-likeness (QED) is 0.840. The van der Waals surface area contributed by atoms with E-state index in [4.69, 9.17) is 10.5 Å². The molecule has 0 bridgehead atoms. The third kappa shape index (κ3) is 4.34. The van der Waals surface area contributed by atoms with Crippen LogP contribution in [0.2, 0.25) is 0 Å². The summed E-state index contributed by atoms with van der Waals surface area (Å²) in [6.45, 7) is 2.20. The van der Waals surface area contributed by atoms with E-state index < -0.39 is 6.04 Å². The standard InChI is InChI=1S/C17H25NO2/c1-2-13-9-6-10-15(11-13)20-17(19)16(18)12-14-7-4-3-5-8-14/h3-5,7-8,13,15-16H,2,6,9-12,18H2,1H3/t13?,15?,16-/m0/s1. The molecule has 0 spiro atoms. The molecule has 3 heteroatoms. The van der Waals surface area contributed by atoms with Crippen molar-refractivity contribution in [3.8, 4) is 0 Å². The smallest absolute Gasteiger partial charge is 0.323 e. The highest BCUT2D eigenvalue weighted by Gasteiger charge is 2.26. The van der Waals surface area contributed by atoms with Gasteiger partial charge in [-0.1, -0.05) is 50.1 Å². The van der Waals surface area contributed by atoms with Gasteiger partial charge in [-0.15, -0.1) is 0 Å². The van der Waals surface area contributed by atoms with Crippen molar-refractivity contribution in [2.45, 2.75) is 57.6 Å². The molecule has 0 aromatic heterocycles. The van der Waals surface area contributed by atoms with Crippen molar-refractivity contribution in [3.05, 3.63) is 35.9 Å². The Hall–Kier alpha value is -1.35. The predicted molar refractivity (Wildman–Crippen MR) is 80.3 cm³/mol. The molecule has 0 amide bonds. The summed E-state index contributed by atoms with van der Waals surface area (Å²) in [4.78, 5) is 12.1. The molecule has 1 aromatic rings. The number of ether oxygens (including phenoxy) is 1. The lowest BCUT2D eigenvalue weighted by atomic mass is 9.85. The Labute approximate surface area is 121 Å². The fourth-order valence-electron chi connectivity index (χ4n) is 2.92. The molecule has 2 rings (SSSR count). The van der Waals surface area contributed by atoms with Gasteiger partial charge in [0.25, 0.3) is 0 Å². The molecule has 20 heavy (non-hydrogen) atoms. The zero-order chi connectivity index (χ0) is 14.4. The molecule has 0 heterocycles. The maximum atomic E-state index is 12.1. The van der Waals surface area contributed by atoms with Crippen LogP contribution in [0.4, 0.5) is 0 Å². The van der Waals surface area contributed by atoms with Crippen LogP contribution in [0.25, 0.3) is 0 Å². The molecule has 3 nitrogen and oxygen atoms in total. The Morgan fingerprint density at radius 2 is 2.10 bits per heavy atom. The van der Waals surface area contributed by atoms with E-state index in [0.717, 1.165) is 24.8 Å². The first-order chi connectivity index (χ1) is 9.69. The van der Waals surface area contributed by atoms with Crippen molar-refractivity contribution in [3.63, 3.8) is 0 Å². The Morgan fingerprint density at radius 3 is 2.80 bits per heavy atom. The molecular weight excluding hydrogens is 250 g/mol. The highest BCUT2D eigenvalue weighted by molar-refractivity contribution is 5.76. The van der Waals surface area contributed by atoms with Gasteiger partial charge in [0.15, 0.2) is 0 Å². The maximum absolute atomic E-state index is 12.1. The van der Waals surface area contributed by atoms with E-state index >= 15 is 0 Å². The van der Waals surface area contributed by atoms with Gasteiger partial charge in [0.05, 0.1) is 0 Å². The van der Waals surface area contributed by atoms with Crippen LogP contribution in [0, 0.1) is 5.92 Å². The normalized spacial score (nSPS) is 24.1. The molecular formula is C17H25NO2. The van der Waals surface area contributed by atoms with Gasteiger partial charge in [0, 0.05) is 0 Å². The minimum Gasteiger partial charge on any atom is -0.461 e. The molecule has 1 aliphatic carbocycles. The van der Waals surface area contributed by atoms with Crippen LogP contribution in [0.15, 0.2) is 30.3 Å². The van der Waals surface area contributed by atoms with E-state index in [1.165, 1.54) is 12.8 Å². The van der Waals surface area contributed by atoms with Crippen molar-refractivity contribution in [2.75, 3.05) is 0 Å². The molecule has 0 radical (unpaired) electrons. The summed E-state index contributed by atoms with van der Waals surface area (Å²) < 4.78 is 5.59. The van der Waals surface area contributed by atoms with Gasteiger partial charge in [-0.3, -0.25) is 4.79 Å². The highest BCUT2D eigenvalue weighted by Crippen LogP contribution is 2.28. The fraction of sp³-hybridized carbons (Fsp3) is 0.588. The highest BCUT2D eigenvalue weighted by atomic mass is 16.5. The Morgan fingerprint density at radius 1 is 1.35 bits per heavy atom. The first kappa shape index (κ1) is 15.0. The lowest BCUT2D eigenvalue weighted by molar-refractivity contribution is -0.152. The Kier molecular flexibility index (Phi) is 5.60. The van der Waals surface area contributed by atoms with Crippen LogP contribution >= 0.6 is 0 Å². The fourth-order valence-corrected chi connectivity index (χ4v) is 2.92. The third-order valence-corrected chi connectivity index (χ3v) is 4.20. The number of carbonyl (C=O) groups excluding carboxylic acids is 1. The lowest BCUT2D eigenvalue weighted by Gasteiger charge is -2.29. The van der Waals surface area contributed by atoms with Crippen LogP contribution in [-0.4, -0.2) is 18.1 Å². The average Bonchev–Trinajstić information content (AvgIpc) is 2.48. The predicted octanol–water partition coefficient (Wildman–Crippen LogP) is 3.07. The van der Waals surface area contributed by atoms with Gasteiger partial charge in [0.1, 0.15) is 12.1 Å². The molecule has 3 atom stereocenters. The summed E-state index contributed by atoms with van der Waals surface area (Å²) in [5.74, 6) is 0.447. The average molecular weight is 275 g/mol. The first-order valence-corrected chi connectivity index (χ1v) is 7.69. The SMILES string of the molecule is CCC1CCCC(OC(=O)[C@@H](N)Cc2ccccc2)C1. The topological polar surface area (TPSA) is 52.3 Å². The number of carbonyl (C=O) groups is 1. The van der Waals surface area contributed by atoms with Gasteiger partial charge in [-0.05, 0) is 37.2 Å². The monoisotopic (exact) mass is 275 g/mol. The summed E-state index contributed by atoms with van der Waals surface area (Å²) in [5, 5.41) is 0. The van der Waals surface area contributed by atoms with Crippen LogP contribution in [0.1, 0.15) is 44.6 Å². The van der Waals surface area contributed by atoms with Crippen LogP contribution in [0.3, 0.4) is 0 Å². The maximum Gasteiger partial charge on any atom is 0.323 e. The van der Waals surface area contributed by atoms with Gasteiger partial charge in [-0.25, -0.2) is 0 Å². The van der Waals surface area contributed by atoms with Crippen molar-refractivity contribution in [1.29, 1.82) is 0 Å². The van der Waals surface area contributed by atoms with E-state index in [9.17, 15) is 4.79 Å². The molecule has 110 valence electrons. The molecule has 0 aliphatic heterocycles. The number of hydrogen-bond acceptors (Lipinski definition) is 3. The zero-order valence-corrected chi connectivity index (χ0v) is 12.3. The summed E-state index contributed by atoms with van der Waals surface area (Å²) in [7, 11) is 0. The van der Waals surface area contributed by atoms with Gasteiger partial charge in [0.2, 0.25) is 0 Å². The van der Waals surface area contributed by atoms with E-state index in [1.807, 2.05) is 30.3 Å². The summed E-state index contributed by atoms with van der Waals surface area (Å²) in [6.07, 6.45) is 6.20. The largest absolute Gasteiger partial charge is 0.461 e. The Balaban J connectivity index is 1.81. The molecule has 1 fully saturated rings. The first-order valence-electron chi connectivity index (χ1n) is 7.69. The molecule has 2 N–H and O–H groups in total. The molecule has 1 saturated carbocycles. The third-order valence-electron chi connectivity index (χ3n) is 4.20. The lowest BCUT2D eigenvalue weighted by Crippen LogP contribution is -2.38. The number of benzene rings is 1. The number of hydrogen-bond donors (Lipinski definition) is 1. The number of esters is 1. The van der Waals surface area contributed by atoms with Gasteiger partial charge >= 0.3 is 5.97 Å². The molecule has 1 aliphatic rings. The van der Waals surface area contributed by atoms with Crippen LogP contribution in [-0.2, 0) is 16.0 Å². The Bertz CT molecular complexity index is 418. The van der Waals surface area contributed by atoms with Crippen molar-refractivity contribution in [2.24, 2.45) is 11.7 Å². The molecule has 0 saturated heterocycles. The second-order valence-electron chi connectivity index (χ2n) is 5.80. The van der Waals surface area contributed by atoms with E-state index in [2.05, 4.69) is 6.92 Å². The second-order valence-corrected chi connectivity index (χ2v) is 5.80. The van der Waals surface area contributed by atoms with E-state index in [-0.39, 0.29) is 12.1 Å². The van der Waals surface area contributed by atoms with Crippen molar-refractivity contribution >= 4 is 5.97 Å². The van der Waals surface area contributed by atoms with Crippen LogP contribution < -0.4 is 5.73 Å². The minimum absolute atomic E-state index is 0.0722. The minimum atomic E-state index is -0.556. The zero-order valence-electron chi connectivity index (χ0n) is 12.3.